The van der Waals surface area contributed by atoms with Crippen LogP contribution in [0.1, 0.15) is 156 Å². The number of hydrogen-bond donors (Lipinski definition) is 0. The predicted molar refractivity (Wildman–Crippen MR) is 154 cm³/mol. The van der Waals surface area contributed by atoms with E-state index in [-0.39, 0.29) is 5.04 Å². The highest BCUT2D eigenvalue weighted by molar-refractivity contribution is 6.74. The Morgan fingerprint density at radius 2 is 1.11 bits per heavy atom. The van der Waals surface area contributed by atoms with Crippen molar-refractivity contribution in [3.05, 3.63) is 0 Å². The molecular formula is C31H60O3Si. The van der Waals surface area contributed by atoms with Gasteiger partial charge < -0.3 is 14.0 Å². The van der Waals surface area contributed by atoms with E-state index in [0.717, 1.165) is 38.3 Å². The van der Waals surface area contributed by atoms with Crippen LogP contribution in [0.4, 0.5) is 0 Å². The van der Waals surface area contributed by atoms with E-state index in [4.69, 9.17) is 4.43 Å². The molecule has 0 aromatic heterocycles. The summed E-state index contributed by atoms with van der Waals surface area (Å²) in [4.78, 5) is 20.9. The van der Waals surface area contributed by atoms with Crippen molar-refractivity contribution in [3.8, 4) is 0 Å². The highest BCUT2D eigenvalue weighted by atomic mass is 28.4. The van der Waals surface area contributed by atoms with Gasteiger partial charge in [0.2, 0.25) is 0 Å². The van der Waals surface area contributed by atoms with Gasteiger partial charge in [-0.2, -0.15) is 0 Å². The summed E-state index contributed by atoms with van der Waals surface area (Å²) >= 11 is 0. The minimum Gasteiger partial charge on any atom is -0.414 e. The third kappa shape index (κ3) is 14.1. The average Bonchev–Trinajstić information content (AvgIpc) is 3.18. The standard InChI is InChI=1S/C31H60O3Si/c1-30(2,3)35(4,5)34-29-22-25-31(28-29,23-18-14-10-6-8-12-16-20-26-32)24-19-15-11-7-9-13-17-21-27-33/h26-27,29H,6-25,28H2,1-5H3. The van der Waals surface area contributed by atoms with Gasteiger partial charge in [0.15, 0.2) is 8.32 Å². The molecule has 0 aromatic rings. The van der Waals surface area contributed by atoms with Crippen LogP contribution in [-0.4, -0.2) is 27.0 Å². The Kier molecular flexibility index (Phi) is 16.6. The molecule has 1 atom stereocenters. The Balaban J connectivity index is 2.44. The molecular weight excluding hydrogens is 448 g/mol. The minimum atomic E-state index is -1.70. The molecule has 0 radical (unpaired) electrons. The van der Waals surface area contributed by atoms with Crippen LogP contribution in [0.2, 0.25) is 18.1 Å². The highest BCUT2D eigenvalue weighted by Crippen LogP contribution is 2.49. The Morgan fingerprint density at radius 3 is 1.51 bits per heavy atom. The summed E-state index contributed by atoms with van der Waals surface area (Å²) in [6.07, 6.45) is 28.7. The number of carbonyl (C=O) groups is 2. The second-order valence-electron chi connectivity index (χ2n) is 13.1. The Morgan fingerprint density at radius 1 is 0.714 bits per heavy atom. The van der Waals surface area contributed by atoms with Gasteiger partial charge in [-0.1, -0.05) is 97.8 Å². The number of rotatable bonds is 22. The average molecular weight is 509 g/mol. The molecule has 0 heterocycles. The third-order valence-corrected chi connectivity index (χ3v) is 13.5. The van der Waals surface area contributed by atoms with Gasteiger partial charge in [-0.25, -0.2) is 0 Å². The summed E-state index contributed by atoms with van der Waals surface area (Å²) in [5.41, 5.74) is 0.515. The summed E-state index contributed by atoms with van der Waals surface area (Å²) in [6, 6.07) is 0. The largest absolute Gasteiger partial charge is 0.414 e. The van der Waals surface area contributed by atoms with Crippen LogP contribution in [0.5, 0.6) is 0 Å². The molecule has 0 spiro atoms. The molecule has 0 bridgehead atoms. The lowest BCUT2D eigenvalue weighted by Crippen LogP contribution is -2.43. The molecule has 0 aliphatic heterocycles. The van der Waals surface area contributed by atoms with E-state index in [2.05, 4.69) is 33.9 Å². The van der Waals surface area contributed by atoms with E-state index in [0.29, 0.717) is 11.5 Å². The van der Waals surface area contributed by atoms with Crippen LogP contribution in [-0.2, 0) is 14.0 Å². The first-order chi connectivity index (χ1) is 16.7. The zero-order valence-electron chi connectivity index (χ0n) is 24.3. The number of aldehydes is 2. The van der Waals surface area contributed by atoms with Crippen LogP contribution in [0, 0.1) is 5.41 Å². The van der Waals surface area contributed by atoms with Gasteiger partial charge in [-0.05, 0) is 68.5 Å². The second-order valence-corrected chi connectivity index (χ2v) is 17.9. The Bertz CT molecular complexity index is 526. The van der Waals surface area contributed by atoms with E-state index in [1.807, 2.05) is 0 Å². The molecule has 3 nitrogen and oxygen atoms in total. The first-order valence-corrected chi connectivity index (χ1v) is 18.1. The number of hydrogen-bond acceptors (Lipinski definition) is 3. The maximum absolute atomic E-state index is 10.4. The molecule has 206 valence electrons. The van der Waals surface area contributed by atoms with Gasteiger partial charge >= 0.3 is 0 Å². The molecule has 1 aliphatic rings. The normalized spacial score (nSPS) is 18.1. The van der Waals surface area contributed by atoms with Crippen molar-refractivity contribution in [1.29, 1.82) is 0 Å². The first-order valence-electron chi connectivity index (χ1n) is 15.2. The lowest BCUT2D eigenvalue weighted by molar-refractivity contribution is -0.108. The second kappa shape index (κ2) is 17.9. The molecule has 0 N–H and O–H groups in total. The van der Waals surface area contributed by atoms with E-state index < -0.39 is 8.32 Å². The molecule has 0 amide bonds. The summed E-state index contributed by atoms with van der Waals surface area (Å²) in [5.74, 6) is 0. The van der Waals surface area contributed by atoms with Gasteiger partial charge in [0.25, 0.3) is 0 Å². The van der Waals surface area contributed by atoms with E-state index in [1.165, 1.54) is 109 Å². The molecule has 1 unspecified atom stereocenters. The van der Waals surface area contributed by atoms with Gasteiger partial charge in [0.05, 0.1) is 0 Å². The quantitative estimate of drug-likeness (QED) is 0.0830. The molecule has 1 aliphatic carbocycles. The topological polar surface area (TPSA) is 43.4 Å². The first kappa shape index (κ1) is 32.5. The van der Waals surface area contributed by atoms with Crippen molar-refractivity contribution in [1.82, 2.24) is 0 Å². The fraction of sp³-hybridized carbons (Fsp3) is 0.935. The summed E-state index contributed by atoms with van der Waals surface area (Å²) in [5, 5.41) is 0.287. The van der Waals surface area contributed by atoms with Crippen molar-refractivity contribution in [2.75, 3.05) is 0 Å². The van der Waals surface area contributed by atoms with E-state index in [1.54, 1.807) is 0 Å². The zero-order chi connectivity index (χ0) is 26.0. The molecule has 0 saturated heterocycles. The fourth-order valence-electron chi connectivity index (χ4n) is 5.65. The van der Waals surface area contributed by atoms with Crippen LogP contribution in [0.15, 0.2) is 0 Å². The molecule has 1 saturated carbocycles. The Hall–Kier alpha value is -0.483. The highest BCUT2D eigenvalue weighted by Gasteiger charge is 2.44. The van der Waals surface area contributed by atoms with Gasteiger partial charge in [-0.15, -0.1) is 0 Å². The molecule has 0 aromatic carbocycles. The van der Waals surface area contributed by atoms with Gasteiger partial charge in [0.1, 0.15) is 12.6 Å². The summed E-state index contributed by atoms with van der Waals surface area (Å²) in [7, 11) is -1.70. The maximum Gasteiger partial charge on any atom is 0.192 e. The Labute approximate surface area is 220 Å². The lowest BCUT2D eigenvalue weighted by atomic mass is 9.76. The molecule has 1 rings (SSSR count). The summed E-state index contributed by atoms with van der Waals surface area (Å²) in [6.45, 7) is 11.9. The number of unbranched alkanes of at least 4 members (excludes halogenated alkanes) is 14. The van der Waals surface area contributed by atoms with Crippen molar-refractivity contribution in [2.45, 2.75) is 180 Å². The van der Waals surface area contributed by atoms with Gasteiger partial charge in [0, 0.05) is 18.9 Å². The van der Waals surface area contributed by atoms with Crippen LogP contribution in [0.25, 0.3) is 0 Å². The molecule has 1 fully saturated rings. The maximum atomic E-state index is 10.4. The smallest absolute Gasteiger partial charge is 0.192 e. The zero-order valence-corrected chi connectivity index (χ0v) is 25.3. The lowest BCUT2D eigenvalue weighted by Gasteiger charge is -2.39. The molecule has 4 heteroatoms. The molecule has 35 heavy (non-hydrogen) atoms. The predicted octanol–water partition coefficient (Wildman–Crippen LogP) is 9.97. The van der Waals surface area contributed by atoms with E-state index in [9.17, 15) is 9.59 Å². The van der Waals surface area contributed by atoms with Crippen molar-refractivity contribution >= 4 is 20.9 Å². The van der Waals surface area contributed by atoms with Gasteiger partial charge in [-0.3, -0.25) is 0 Å². The van der Waals surface area contributed by atoms with Crippen molar-refractivity contribution in [2.24, 2.45) is 5.41 Å². The fourth-order valence-corrected chi connectivity index (χ4v) is 7.04. The van der Waals surface area contributed by atoms with Crippen molar-refractivity contribution in [3.63, 3.8) is 0 Å². The van der Waals surface area contributed by atoms with Crippen LogP contribution >= 0.6 is 0 Å². The van der Waals surface area contributed by atoms with Crippen LogP contribution < -0.4 is 0 Å². The van der Waals surface area contributed by atoms with Crippen molar-refractivity contribution < 1.29 is 14.0 Å². The SMILES string of the molecule is CC(C)(C)[Si](C)(C)OC1CCC(CCCCCCCCCC=O)(CCCCCCCCCC=O)C1. The monoisotopic (exact) mass is 508 g/mol. The number of carbonyl (C=O) groups excluding carboxylic acids is 2. The summed E-state index contributed by atoms with van der Waals surface area (Å²) < 4.78 is 6.89. The van der Waals surface area contributed by atoms with E-state index >= 15 is 0 Å². The van der Waals surface area contributed by atoms with Crippen LogP contribution in [0.3, 0.4) is 0 Å². The third-order valence-electron chi connectivity index (χ3n) is 8.98. The minimum absolute atomic E-state index is 0.287.